The first-order valence-electron chi connectivity index (χ1n) is 15.3. The van der Waals surface area contributed by atoms with Crippen LogP contribution >= 0.6 is 0 Å². The molecule has 2 fully saturated rings. The normalized spacial score (nSPS) is 15.3. The van der Waals surface area contributed by atoms with Crippen LogP contribution in [0.3, 0.4) is 0 Å². The van der Waals surface area contributed by atoms with Crippen molar-refractivity contribution in [1.29, 1.82) is 0 Å². The number of nitrogens with zero attached hydrogens (tertiary/aromatic N) is 10. The Bertz CT molecular complexity index is 836. The van der Waals surface area contributed by atoms with Crippen LogP contribution in [0.4, 0.5) is 0 Å². The zero-order valence-electron chi connectivity index (χ0n) is 31.6. The van der Waals surface area contributed by atoms with Crippen molar-refractivity contribution in [2.45, 2.75) is 55.4 Å². The van der Waals surface area contributed by atoms with Crippen LogP contribution in [0.25, 0.3) is 31.9 Å². The summed E-state index contributed by atoms with van der Waals surface area (Å²) in [7, 11) is 0. The number of rotatable bonds is 8. The van der Waals surface area contributed by atoms with Crippen molar-refractivity contribution in [1.82, 2.24) is 21.9 Å². The van der Waals surface area contributed by atoms with Gasteiger partial charge in [0.05, 0.1) is 22.8 Å². The van der Waals surface area contributed by atoms with E-state index in [2.05, 4.69) is 52.6 Å². The van der Waals surface area contributed by atoms with Gasteiger partial charge in [0.1, 0.15) is 22.8 Å². The largest absolute Gasteiger partial charge is 1.00 e. The van der Waals surface area contributed by atoms with E-state index in [1.807, 2.05) is 0 Å². The molecule has 2 radical (unpaired) electrons. The third kappa shape index (κ3) is 52.3. The van der Waals surface area contributed by atoms with Gasteiger partial charge in [0.2, 0.25) is 0 Å². The second-order valence-electron chi connectivity index (χ2n) is 9.68. The van der Waals surface area contributed by atoms with Gasteiger partial charge in [-0.05, 0) is 76.1 Å². The fourth-order valence-electron chi connectivity index (χ4n) is 2.12. The van der Waals surface area contributed by atoms with E-state index in [4.69, 9.17) is 20.8 Å². The first kappa shape index (κ1) is 70.1. The summed E-state index contributed by atoms with van der Waals surface area (Å²) in [5, 5.41) is 68.0. The van der Waals surface area contributed by atoms with Crippen molar-refractivity contribution in [2.24, 2.45) is 20.7 Å². The van der Waals surface area contributed by atoms with Gasteiger partial charge in [0, 0.05) is 34.1 Å². The van der Waals surface area contributed by atoms with E-state index in [9.17, 15) is 19.6 Å². The maximum Gasteiger partial charge on any atom is 1.00 e. The quantitative estimate of drug-likeness (QED) is 0.0770. The van der Waals surface area contributed by atoms with Crippen LogP contribution in [-0.4, -0.2) is 99.4 Å². The Balaban J connectivity index is -0.0000000773. The molecule has 334 valence electrons. The number of allylic oxidation sites excluding steroid dienone is 8. The number of hydroxylamine groups is 4. The fraction of sp³-hybridized carbons (Fsp3) is 0.714. The van der Waals surface area contributed by atoms with Crippen molar-refractivity contribution in [3.63, 3.8) is 0 Å². The van der Waals surface area contributed by atoms with Crippen molar-refractivity contribution < 1.29 is 89.1 Å². The Morgan fingerprint density at radius 2 is 0.463 bits per heavy atom. The molecule has 2 aliphatic rings. The van der Waals surface area contributed by atoms with Crippen molar-refractivity contribution in [3.05, 3.63) is 97.1 Å². The Morgan fingerprint density at radius 3 is 0.519 bits per heavy atom. The van der Waals surface area contributed by atoms with E-state index in [0.717, 1.165) is 78.5 Å². The van der Waals surface area contributed by atoms with Gasteiger partial charge in [-0.2, -0.15) is 78.5 Å². The van der Waals surface area contributed by atoms with Crippen molar-refractivity contribution >= 4 is 0 Å². The van der Waals surface area contributed by atoms with Gasteiger partial charge in [-0.3, -0.25) is 42.7 Å². The van der Waals surface area contributed by atoms with Gasteiger partial charge in [0.15, 0.2) is 0 Å². The molecule has 2 heterocycles. The van der Waals surface area contributed by atoms with E-state index in [1.54, 1.807) is 49.6 Å². The van der Waals surface area contributed by atoms with Gasteiger partial charge in [-0.15, -0.1) is 19.6 Å². The summed E-state index contributed by atoms with van der Waals surface area (Å²) in [5.41, 5.74) is 9.73. The predicted octanol–water partition coefficient (Wildman–Crippen LogP) is 6.16. The molecule has 54 heavy (non-hydrogen) atoms. The summed E-state index contributed by atoms with van der Waals surface area (Å²) in [6, 6.07) is 0. The summed E-state index contributed by atoms with van der Waals surface area (Å²) in [6.07, 6.45) is 0. The molecule has 0 bridgehead atoms. The minimum Gasteiger partial charge on any atom is -0.665 e. The van der Waals surface area contributed by atoms with E-state index < -0.39 is 0 Å². The molecule has 0 saturated carbocycles. The number of nitrogens with one attached hydrogen (secondary N) is 4. The third-order valence-corrected chi connectivity index (χ3v) is 5.89. The van der Waals surface area contributed by atoms with Crippen LogP contribution in [0.1, 0.15) is 55.4 Å². The number of hydrogen-bond acceptors (Lipinski definition) is 16. The van der Waals surface area contributed by atoms with Gasteiger partial charge < -0.3 is 31.9 Å². The Kier molecular flexibility index (Phi) is 72.1. The smallest absolute Gasteiger partial charge is 0.665 e. The summed E-state index contributed by atoms with van der Waals surface area (Å²) < 4.78 is 0. The topological polar surface area (TPSA) is 331 Å². The van der Waals surface area contributed by atoms with Crippen LogP contribution in [-0.2, 0) is 68.3 Å². The Morgan fingerprint density at radius 1 is 0.352 bits per heavy atom. The monoisotopic (exact) mass is 968 g/mol. The molecular formula is C28H56Cu4N14O8-4. The van der Waals surface area contributed by atoms with Crippen LogP contribution in [0.15, 0.2) is 66.3 Å². The van der Waals surface area contributed by atoms with Gasteiger partial charge in [-0.25, -0.2) is 0 Å². The number of hydrogen-bond donors (Lipinski definition) is 8. The molecule has 0 spiro atoms. The van der Waals surface area contributed by atoms with E-state index in [1.165, 1.54) is 27.7 Å². The molecule has 0 atom stereocenters. The predicted molar refractivity (Wildman–Crippen MR) is 195 cm³/mol. The molecule has 0 aromatic heterocycles. The first-order chi connectivity index (χ1) is 23.9. The standard InChI is InChI=1S/2C6H12N3.4C4H8N2O2.4Cu/c2*1-2-8-5-6-9-4-3-7-1;4*1-3(5-7)4(2)6-8;;;;/h2*1-6H2;4*5,7H,1-2H3;;;;/q2*-3;;;;;;;2*+1. The molecule has 2 rings (SSSR count). The molecule has 2 saturated heterocycles. The molecule has 0 amide bonds. The molecule has 8 N–H and O–H groups in total. The molecule has 0 unspecified atom stereocenters. The van der Waals surface area contributed by atoms with Gasteiger partial charge in [0.25, 0.3) is 0 Å². The van der Waals surface area contributed by atoms with Gasteiger partial charge in [-0.1, -0.05) is 0 Å². The fourth-order valence-corrected chi connectivity index (χ4v) is 2.12. The number of nitroso groups, excluding NO2 is 4. The van der Waals surface area contributed by atoms with Crippen LogP contribution in [0.2, 0.25) is 0 Å². The second kappa shape index (κ2) is 55.6. The van der Waals surface area contributed by atoms with Crippen molar-refractivity contribution in [2.75, 3.05) is 78.5 Å². The minimum atomic E-state index is 0. The van der Waals surface area contributed by atoms with E-state index >= 15 is 0 Å². The average Bonchev–Trinajstić information content (AvgIpc) is 3.43. The van der Waals surface area contributed by atoms with E-state index in [-0.39, 0.29) is 91.1 Å². The molecular weight excluding hydrogens is 915 g/mol. The minimum absolute atomic E-state index is 0. The SMILES string of the molecule is C1C[N-]CC[N-]CC[N-]1.C1C[N-]CC[N-]CC[N-]1.CC(N=O)=C(C)NO.CC(N=O)=C(C)NO.CC(N=O)=C(C)NO.CC(N=O)=C(C)NO.[Cu+].[Cu+].[Cu].[Cu]. The van der Waals surface area contributed by atoms with Crippen LogP contribution in [0, 0.1) is 19.6 Å². The van der Waals surface area contributed by atoms with Gasteiger partial charge >= 0.3 is 34.1 Å². The van der Waals surface area contributed by atoms with E-state index in [0.29, 0.717) is 22.8 Å². The zero-order valence-corrected chi connectivity index (χ0v) is 35.4. The molecule has 0 aliphatic carbocycles. The zero-order chi connectivity index (χ0) is 39.0. The second-order valence-corrected chi connectivity index (χ2v) is 9.68. The van der Waals surface area contributed by atoms with Crippen LogP contribution in [0.5, 0.6) is 0 Å². The Hall–Kier alpha value is -1.76. The maximum absolute atomic E-state index is 9.65. The average molecular weight is 971 g/mol. The summed E-state index contributed by atoms with van der Waals surface area (Å²) in [4.78, 5) is 38.6. The van der Waals surface area contributed by atoms with Crippen molar-refractivity contribution in [3.8, 4) is 0 Å². The first-order valence-corrected chi connectivity index (χ1v) is 15.3. The molecule has 22 nitrogen and oxygen atoms in total. The molecule has 26 heteroatoms. The Labute approximate surface area is 361 Å². The summed E-state index contributed by atoms with van der Waals surface area (Å²) in [5.74, 6) is 0. The summed E-state index contributed by atoms with van der Waals surface area (Å²) >= 11 is 0. The molecule has 2 aliphatic heterocycles. The third-order valence-electron chi connectivity index (χ3n) is 5.89. The summed E-state index contributed by atoms with van der Waals surface area (Å²) in [6.45, 7) is 23.0. The molecule has 0 aromatic rings. The maximum atomic E-state index is 9.65. The van der Waals surface area contributed by atoms with Crippen LogP contribution < -0.4 is 21.9 Å². The molecule has 0 aromatic carbocycles.